The molecule has 2 aromatic rings. The second kappa shape index (κ2) is 7.68. The van der Waals surface area contributed by atoms with Gasteiger partial charge in [0, 0.05) is 12.4 Å². The zero-order valence-electron chi connectivity index (χ0n) is 12.9. The maximum Gasteiger partial charge on any atom is 0.282 e. The van der Waals surface area contributed by atoms with Gasteiger partial charge in [0.05, 0.1) is 42.6 Å². The Bertz CT molecular complexity index is 777. The van der Waals surface area contributed by atoms with E-state index in [0.29, 0.717) is 11.3 Å². The number of nitrogens with one attached hydrogen (secondary N) is 1. The number of amides is 1. The second-order valence-corrected chi connectivity index (χ2v) is 4.46. The third-order valence-electron chi connectivity index (χ3n) is 3.02. The average Bonchev–Trinajstić information content (AvgIpc) is 2.61. The Morgan fingerprint density at radius 2 is 2.04 bits per heavy atom. The number of benzene rings is 1. The number of nitro groups is 1. The minimum atomic E-state index is -0.577. The SMILES string of the molecule is COc1cc(/C=N/NC(=O)c2cccnc2)c([N+](=O)[O-])cc1OC. The van der Waals surface area contributed by atoms with Crippen molar-refractivity contribution >= 4 is 17.8 Å². The number of methoxy groups -OCH3 is 2. The van der Waals surface area contributed by atoms with Gasteiger partial charge in [-0.2, -0.15) is 5.10 Å². The van der Waals surface area contributed by atoms with Gasteiger partial charge in [-0.15, -0.1) is 0 Å². The average molecular weight is 330 g/mol. The number of nitro benzene ring substituents is 1. The van der Waals surface area contributed by atoms with E-state index in [1.54, 1.807) is 12.1 Å². The summed E-state index contributed by atoms with van der Waals surface area (Å²) in [5.74, 6) is 0.0476. The van der Waals surface area contributed by atoms with E-state index in [-0.39, 0.29) is 17.0 Å². The zero-order chi connectivity index (χ0) is 17.5. The smallest absolute Gasteiger partial charge is 0.282 e. The molecular formula is C15H14N4O5. The normalized spacial score (nSPS) is 10.4. The van der Waals surface area contributed by atoms with Crippen LogP contribution in [0.5, 0.6) is 11.5 Å². The monoisotopic (exact) mass is 330 g/mol. The summed E-state index contributed by atoms with van der Waals surface area (Å²) in [7, 11) is 2.79. The van der Waals surface area contributed by atoms with Crippen LogP contribution >= 0.6 is 0 Å². The molecule has 1 N–H and O–H groups in total. The Morgan fingerprint density at radius 3 is 2.62 bits per heavy atom. The highest BCUT2D eigenvalue weighted by Gasteiger charge is 2.18. The number of carbonyl (C=O) groups is 1. The fraction of sp³-hybridized carbons (Fsp3) is 0.133. The molecule has 0 saturated heterocycles. The maximum atomic E-state index is 11.8. The van der Waals surface area contributed by atoms with Crippen LogP contribution in [0.4, 0.5) is 5.69 Å². The van der Waals surface area contributed by atoms with Crippen LogP contribution in [0.15, 0.2) is 41.8 Å². The van der Waals surface area contributed by atoms with Crippen molar-refractivity contribution in [1.29, 1.82) is 0 Å². The summed E-state index contributed by atoms with van der Waals surface area (Å²) >= 11 is 0. The molecule has 0 unspecified atom stereocenters. The Labute approximate surface area is 137 Å². The molecule has 1 aromatic heterocycles. The minimum Gasteiger partial charge on any atom is -0.493 e. The molecule has 0 aliphatic carbocycles. The zero-order valence-corrected chi connectivity index (χ0v) is 12.9. The van der Waals surface area contributed by atoms with Crippen LogP contribution in [0.1, 0.15) is 15.9 Å². The van der Waals surface area contributed by atoms with Crippen LogP contribution in [0.3, 0.4) is 0 Å². The van der Waals surface area contributed by atoms with E-state index in [2.05, 4.69) is 15.5 Å². The third kappa shape index (κ3) is 3.83. The molecular weight excluding hydrogens is 316 g/mol. The van der Waals surface area contributed by atoms with Gasteiger partial charge in [0.2, 0.25) is 0 Å². The van der Waals surface area contributed by atoms with Crippen molar-refractivity contribution < 1.29 is 19.2 Å². The topological polar surface area (TPSA) is 116 Å². The molecule has 0 aliphatic heterocycles. The molecule has 24 heavy (non-hydrogen) atoms. The van der Waals surface area contributed by atoms with E-state index in [9.17, 15) is 14.9 Å². The molecule has 2 rings (SSSR count). The van der Waals surface area contributed by atoms with Gasteiger partial charge in [0.15, 0.2) is 11.5 Å². The van der Waals surface area contributed by atoms with Crippen LogP contribution in [0, 0.1) is 10.1 Å². The number of rotatable bonds is 6. The number of hydrogen-bond acceptors (Lipinski definition) is 7. The first-order valence-electron chi connectivity index (χ1n) is 6.70. The van der Waals surface area contributed by atoms with E-state index < -0.39 is 10.8 Å². The molecule has 0 bridgehead atoms. The summed E-state index contributed by atoms with van der Waals surface area (Å²) in [5, 5.41) is 14.9. The molecule has 1 aromatic carbocycles. The minimum absolute atomic E-state index is 0.157. The largest absolute Gasteiger partial charge is 0.493 e. The molecule has 9 nitrogen and oxygen atoms in total. The van der Waals surface area contributed by atoms with E-state index in [1.165, 1.54) is 38.7 Å². The summed E-state index contributed by atoms with van der Waals surface area (Å²) < 4.78 is 10.1. The highest BCUT2D eigenvalue weighted by Crippen LogP contribution is 2.33. The first-order valence-corrected chi connectivity index (χ1v) is 6.70. The van der Waals surface area contributed by atoms with Crippen molar-refractivity contribution in [2.75, 3.05) is 14.2 Å². The third-order valence-corrected chi connectivity index (χ3v) is 3.02. The van der Waals surface area contributed by atoms with Crippen molar-refractivity contribution in [2.24, 2.45) is 5.10 Å². The molecule has 0 radical (unpaired) electrons. The van der Waals surface area contributed by atoms with Crippen LogP contribution in [0.2, 0.25) is 0 Å². The number of hydrazone groups is 1. The summed E-state index contributed by atoms with van der Waals surface area (Å²) in [6, 6.07) is 5.80. The molecule has 0 atom stereocenters. The highest BCUT2D eigenvalue weighted by atomic mass is 16.6. The first-order chi connectivity index (χ1) is 11.6. The molecule has 0 fully saturated rings. The highest BCUT2D eigenvalue weighted by molar-refractivity contribution is 5.95. The summed E-state index contributed by atoms with van der Waals surface area (Å²) in [6.45, 7) is 0. The van der Waals surface area contributed by atoms with Gasteiger partial charge in [-0.05, 0) is 18.2 Å². The lowest BCUT2D eigenvalue weighted by Crippen LogP contribution is -2.17. The molecule has 1 heterocycles. The van der Waals surface area contributed by atoms with Crippen molar-refractivity contribution in [2.45, 2.75) is 0 Å². The van der Waals surface area contributed by atoms with Gasteiger partial charge in [-0.3, -0.25) is 19.9 Å². The lowest BCUT2D eigenvalue weighted by Gasteiger charge is -2.08. The van der Waals surface area contributed by atoms with E-state index in [0.717, 1.165) is 6.21 Å². The van der Waals surface area contributed by atoms with Crippen LogP contribution < -0.4 is 14.9 Å². The first kappa shape index (κ1) is 16.9. The van der Waals surface area contributed by atoms with Crippen molar-refractivity contribution in [3.05, 3.63) is 57.9 Å². The van der Waals surface area contributed by atoms with E-state index >= 15 is 0 Å². The number of nitrogens with zero attached hydrogens (tertiary/aromatic N) is 3. The van der Waals surface area contributed by atoms with Gasteiger partial charge in [-0.1, -0.05) is 0 Å². The summed E-state index contributed by atoms with van der Waals surface area (Å²) in [6.07, 6.45) is 4.07. The summed E-state index contributed by atoms with van der Waals surface area (Å²) in [4.78, 5) is 26.2. The number of ether oxygens (including phenoxy) is 2. The van der Waals surface area contributed by atoms with Crippen LogP contribution in [-0.2, 0) is 0 Å². The number of carbonyl (C=O) groups excluding carboxylic acids is 1. The lowest BCUT2D eigenvalue weighted by molar-refractivity contribution is -0.385. The molecule has 124 valence electrons. The van der Waals surface area contributed by atoms with E-state index in [4.69, 9.17) is 9.47 Å². The fourth-order valence-electron chi connectivity index (χ4n) is 1.87. The van der Waals surface area contributed by atoms with Crippen molar-refractivity contribution in [3.63, 3.8) is 0 Å². The molecule has 1 amide bonds. The van der Waals surface area contributed by atoms with Crippen molar-refractivity contribution in [3.8, 4) is 11.5 Å². The molecule has 0 spiro atoms. The summed E-state index contributed by atoms with van der Waals surface area (Å²) in [5.41, 5.74) is 2.52. The van der Waals surface area contributed by atoms with Gasteiger partial charge in [0.25, 0.3) is 11.6 Å². The van der Waals surface area contributed by atoms with Crippen LogP contribution in [-0.4, -0.2) is 36.2 Å². The number of hydrogen-bond donors (Lipinski definition) is 1. The fourth-order valence-corrected chi connectivity index (χ4v) is 1.87. The number of aromatic nitrogens is 1. The quantitative estimate of drug-likeness (QED) is 0.490. The predicted octanol–water partition coefficient (Wildman–Crippen LogP) is 1.77. The van der Waals surface area contributed by atoms with Crippen molar-refractivity contribution in [1.82, 2.24) is 10.4 Å². The standard InChI is InChI=1S/C15H14N4O5/c1-23-13-6-11(12(19(21)22)7-14(13)24-2)9-17-18-15(20)10-4-3-5-16-8-10/h3-9H,1-2H3,(H,18,20)/b17-9+. The van der Waals surface area contributed by atoms with Crippen LogP contribution in [0.25, 0.3) is 0 Å². The molecule has 9 heteroatoms. The van der Waals surface area contributed by atoms with Gasteiger partial charge >= 0.3 is 0 Å². The lowest BCUT2D eigenvalue weighted by atomic mass is 10.1. The van der Waals surface area contributed by atoms with E-state index in [1.807, 2.05) is 0 Å². The number of pyridine rings is 1. The molecule has 0 saturated carbocycles. The second-order valence-electron chi connectivity index (χ2n) is 4.46. The predicted molar refractivity (Wildman–Crippen MR) is 85.5 cm³/mol. The maximum absolute atomic E-state index is 11.8. The Morgan fingerprint density at radius 1 is 1.33 bits per heavy atom. The Balaban J connectivity index is 2.24. The molecule has 0 aliphatic rings. The van der Waals surface area contributed by atoms with Gasteiger partial charge in [-0.25, -0.2) is 5.43 Å². The Hall–Kier alpha value is -3.49. The van der Waals surface area contributed by atoms with Gasteiger partial charge in [0.1, 0.15) is 0 Å². The Kier molecular flexibility index (Phi) is 5.40. The van der Waals surface area contributed by atoms with Gasteiger partial charge < -0.3 is 9.47 Å².